The van der Waals surface area contributed by atoms with Crippen LogP contribution in [0.2, 0.25) is 5.02 Å². The van der Waals surface area contributed by atoms with Crippen LogP contribution in [0.15, 0.2) is 12.1 Å². The van der Waals surface area contributed by atoms with Gasteiger partial charge in [-0.3, -0.25) is 4.79 Å². The Morgan fingerprint density at radius 2 is 2.00 bits per heavy atom. The molecule has 1 aromatic carbocycles. The van der Waals surface area contributed by atoms with Gasteiger partial charge in [-0.2, -0.15) is 0 Å². The van der Waals surface area contributed by atoms with E-state index >= 15 is 0 Å². The third-order valence-electron chi connectivity index (χ3n) is 2.94. The fraction of sp³-hybridized carbons (Fsp3) is 0.462. The van der Waals surface area contributed by atoms with Gasteiger partial charge in [0.15, 0.2) is 5.78 Å². The molecule has 17 heavy (non-hydrogen) atoms. The maximum absolute atomic E-state index is 12.3. The molecular formula is C13H18ClNO2. The molecule has 1 rings (SSSR count). The number of benzene rings is 1. The number of ketones is 1. The number of aryl methyl sites for hydroxylation is 1. The minimum Gasteiger partial charge on any atom is -0.495 e. The van der Waals surface area contributed by atoms with Crippen LogP contribution >= 0.6 is 11.6 Å². The van der Waals surface area contributed by atoms with Gasteiger partial charge in [-0.1, -0.05) is 11.6 Å². The SMILES string of the molecule is CNC(C)(C)C(=O)c1cc(Cl)c(OC)cc1C. The van der Waals surface area contributed by atoms with Gasteiger partial charge >= 0.3 is 0 Å². The number of carbonyl (C=O) groups excluding carboxylic acids is 1. The van der Waals surface area contributed by atoms with Crippen molar-refractivity contribution in [2.45, 2.75) is 26.3 Å². The van der Waals surface area contributed by atoms with E-state index in [4.69, 9.17) is 16.3 Å². The molecule has 0 heterocycles. The molecule has 0 saturated heterocycles. The smallest absolute Gasteiger partial charge is 0.182 e. The summed E-state index contributed by atoms with van der Waals surface area (Å²) < 4.78 is 5.11. The number of halogens is 1. The van der Waals surface area contributed by atoms with Crippen LogP contribution in [-0.4, -0.2) is 25.5 Å². The summed E-state index contributed by atoms with van der Waals surface area (Å²) in [7, 11) is 3.32. The summed E-state index contributed by atoms with van der Waals surface area (Å²) in [4.78, 5) is 12.3. The van der Waals surface area contributed by atoms with Crippen molar-refractivity contribution >= 4 is 17.4 Å². The zero-order valence-electron chi connectivity index (χ0n) is 10.8. The van der Waals surface area contributed by atoms with Crippen molar-refractivity contribution in [3.8, 4) is 5.75 Å². The van der Waals surface area contributed by atoms with E-state index in [0.29, 0.717) is 16.3 Å². The van der Waals surface area contributed by atoms with E-state index in [1.54, 1.807) is 26.3 Å². The second kappa shape index (κ2) is 5.07. The molecule has 0 fully saturated rings. The number of likely N-dealkylation sites (N-methyl/N-ethyl adjacent to an activating group) is 1. The lowest BCUT2D eigenvalue weighted by Crippen LogP contribution is -2.44. The van der Waals surface area contributed by atoms with E-state index in [-0.39, 0.29) is 5.78 Å². The lowest BCUT2D eigenvalue weighted by atomic mass is 9.91. The molecule has 4 heteroatoms. The summed E-state index contributed by atoms with van der Waals surface area (Å²) >= 11 is 6.04. The van der Waals surface area contributed by atoms with Crippen LogP contribution in [0.5, 0.6) is 5.75 Å². The van der Waals surface area contributed by atoms with Gasteiger partial charge in [0.05, 0.1) is 17.7 Å². The average molecular weight is 256 g/mol. The maximum Gasteiger partial charge on any atom is 0.182 e. The van der Waals surface area contributed by atoms with Crippen molar-refractivity contribution in [1.82, 2.24) is 5.32 Å². The summed E-state index contributed by atoms with van der Waals surface area (Å²) in [5, 5.41) is 3.44. The molecule has 1 N–H and O–H groups in total. The summed E-state index contributed by atoms with van der Waals surface area (Å²) in [5.41, 5.74) is 0.873. The molecule has 0 aliphatic carbocycles. The van der Waals surface area contributed by atoms with Crippen LogP contribution in [-0.2, 0) is 0 Å². The minimum absolute atomic E-state index is 0.0158. The molecule has 0 aromatic heterocycles. The van der Waals surface area contributed by atoms with E-state index < -0.39 is 5.54 Å². The lowest BCUT2D eigenvalue weighted by molar-refractivity contribution is 0.0889. The highest BCUT2D eigenvalue weighted by atomic mass is 35.5. The number of methoxy groups -OCH3 is 1. The number of nitrogens with one attached hydrogen (secondary N) is 1. The first kappa shape index (κ1) is 14.0. The summed E-state index contributed by atoms with van der Waals surface area (Å²) in [5.74, 6) is 0.602. The standard InChI is InChI=1S/C13H18ClNO2/c1-8-6-11(17-5)10(14)7-9(8)12(16)13(2,3)15-4/h6-7,15H,1-5H3. The fourth-order valence-corrected chi connectivity index (χ4v) is 1.75. The van der Waals surface area contributed by atoms with Gasteiger partial charge in [0.25, 0.3) is 0 Å². The predicted octanol–water partition coefficient (Wildman–Crippen LogP) is 2.84. The third-order valence-corrected chi connectivity index (χ3v) is 3.23. The van der Waals surface area contributed by atoms with E-state index in [1.165, 1.54) is 0 Å². The summed E-state index contributed by atoms with van der Waals surface area (Å²) in [6, 6.07) is 3.44. The monoisotopic (exact) mass is 255 g/mol. The largest absolute Gasteiger partial charge is 0.495 e. The minimum atomic E-state index is -0.608. The van der Waals surface area contributed by atoms with Gasteiger partial charge in [-0.15, -0.1) is 0 Å². The first-order valence-electron chi connectivity index (χ1n) is 5.41. The first-order valence-corrected chi connectivity index (χ1v) is 5.79. The molecule has 0 bridgehead atoms. The number of hydrogen-bond donors (Lipinski definition) is 1. The Balaban J connectivity index is 3.25. The molecule has 0 amide bonds. The molecule has 94 valence electrons. The number of carbonyl (C=O) groups is 1. The Morgan fingerprint density at radius 3 is 2.47 bits per heavy atom. The van der Waals surface area contributed by atoms with Gasteiger partial charge in [-0.25, -0.2) is 0 Å². The van der Waals surface area contributed by atoms with Crippen molar-refractivity contribution in [2.24, 2.45) is 0 Å². The highest BCUT2D eigenvalue weighted by Gasteiger charge is 2.28. The topological polar surface area (TPSA) is 38.3 Å². The van der Waals surface area contributed by atoms with Crippen molar-refractivity contribution < 1.29 is 9.53 Å². The molecule has 0 unspecified atom stereocenters. The quantitative estimate of drug-likeness (QED) is 0.841. The number of rotatable bonds is 4. The van der Waals surface area contributed by atoms with E-state index in [9.17, 15) is 4.79 Å². The van der Waals surface area contributed by atoms with E-state index in [1.807, 2.05) is 20.8 Å². The van der Waals surface area contributed by atoms with Crippen molar-refractivity contribution in [1.29, 1.82) is 0 Å². The van der Waals surface area contributed by atoms with Crippen molar-refractivity contribution in [2.75, 3.05) is 14.2 Å². The lowest BCUT2D eigenvalue weighted by Gasteiger charge is -2.23. The Kier molecular flexibility index (Phi) is 4.17. The highest BCUT2D eigenvalue weighted by Crippen LogP contribution is 2.29. The van der Waals surface area contributed by atoms with Crippen molar-refractivity contribution in [3.63, 3.8) is 0 Å². The van der Waals surface area contributed by atoms with Gasteiger partial charge in [0, 0.05) is 5.56 Å². The van der Waals surface area contributed by atoms with Crippen LogP contribution in [0.1, 0.15) is 29.8 Å². The van der Waals surface area contributed by atoms with E-state index in [0.717, 1.165) is 5.56 Å². The van der Waals surface area contributed by atoms with Crippen LogP contribution in [0.4, 0.5) is 0 Å². The van der Waals surface area contributed by atoms with Crippen LogP contribution < -0.4 is 10.1 Å². The normalized spacial score (nSPS) is 11.4. The Bertz CT molecular complexity index is 441. The fourth-order valence-electron chi connectivity index (χ4n) is 1.51. The second-order valence-electron chi connectivity index (χ2n) is 4.51. The van der Waals surface area contributed by atoms with Crippen molar-refractivity contribution in [3.05, 3.63) is 28.3 Å². The van der Waals surface area contributed by atoms with Gasteiger partial charge in [0.2, 0.25) is 0 Å². The number of Topliss-reactive ketones (excluding diaryl/α,β-unsaturated/α-hetero) is 1. The first-order chi connectivity index (χ1) is 7.83. The van der Waals surface area contributed by atoms with Gasteiger partial charge < -0.3 is 10.1 Å². The predicted molar refractivity (Wildman–Crippen MR) is 70.2 cm³/mol. The summed E-state index contributed by atoms with van der Waals surface area (Å²) in [6.07, 6.45) is 0. The van der Waals surface area contributed by atoms with Gasteiger partial charge in [-0.05, 0) is 45.5 Å². The molecule has 1 aromatic rings. The molecule has 3 nitrogen and oxygen atoms in total. The molecule has 0 atom stereocenters. The Labute approximate surface area is 107 Å². The Morgan fingerprint density at radius 1 is 1.41 bits per heavy atom. The second-order valence-corrected chi connectivity index (χ2v) is 4.91. The molecule has 0 radical (unpaired) electrons. The molecule has 0 aliphatic heterocycles. The molecule has 0 spiro atoms. The zero-order valence-corrected chi connectivity index (χ0v) is 11.6. The summed E-state index contributed by atoms with van der Waals surface area (Å²) in [6.45, 7) is 5.55. The van der Waals surface area contributed by atoms with Crippen LogP contribution in [0.3, 0.4) is 0 Å². The third kappa shape index (κ3) is 2.79. The Hall–Kier alpha value is -1.06. The van der Waals surface area contributed by atoms with Crippen LogP contribution in [0, 0.1) is 6.92 Å². The number of hydrogen-bond acceptors (Lipinski definition) is 3. The highest BCUT2D eigenvalue weighted by molar-refractivity contribution is 6.32. The molecule has 0 saturated carbocycles. The van der Waals surface area contributed by atoms with E-state index in [2.05, 4.69) is 5.32 Å². The molecular weight excluding hydrogens is 238 g/mol. The van der Waals surface area contributed by atoms with Crippen LogP contribution in [0.25, 0.3) is 0 Å². The maximum atomic E-state index is 12.3. The molecule has 0 aliphatic rings. The van der Waals surface area contributed by atoms with Gasteiger partial charge in [0.1, 0.15) is 5.75 Å². The zero-order chi connectivity index (χ0) is 13.2. The average Bonchev–Trinajstić information content (AvgIpc) is 2.30. The number of ether oxygens (including phenoxy) is 1.